The van der Waals surface area contributed by atoms with Gasteiger partial charge in [0, 0.05) is 24.9 Å². The first-order valence-electron chi connectivity index (χ1n) is 8.08. The maximum atomic E-state index is 12.2. The molecular formula is C18H20N6O. The zero-order valence-electron chi connectivity index (χ0n) is 14.2. The summed E-state index contributed by atoms with van der Waals surface area (Å²) in [6, 6.07) is 13.0. The normalized spacial score (nSPS) is 10.5. The van der Waals surface area contributed by atoms with Crippen molar-refractivity contribution in [3.05, 3.63) is 66.0 Å². The Morgan fingerprint density at radius 2 is 1.92 bits per heavy atom. The molecule has 2 aromatic heterocycles. The van der Waals surface area contributed by atoms with Crippen molar-refractivity contribution in [2.24, 2.45) is 0 Å². The smallest absolute Gasteiger partial charge is 0.319 e. The Bertz CT molecular complexity index is 859. The summed E-state index contributed by atoms with van der Waals surface area (Å²) in [5, 5.41) is 10.1. The summed E-state index contributed by atoms with van der Waals surface area (Å²) in [6.07, 6.45) is 2.42. The van der Waals surface area contributed by atoms with E-state index in [-0.39, 0.29) is 6.03 Å². The highest BCUT2D eigenvalue weighted by molar-refractivity contribution is 5.91. The number of para-hydroxylation sites is 2. The second-order valence-electron chi connectivity index (χ2n) is 5.59. The van der Waals surface area contributed by atoms with E-state index in [1.807, 2.05) is 56.3 Å². The molecule has 0 aliphatic carbocycles. The molecule has 128 valence electrons. The highest BCUT2D eigenvalue weighted by Gasteiger charge is 2.11. The molecule has 0 radical (unpaired) electrons. The Kier molecular flexibility index (Phi) is 5.03. The minimum Gasteiger partial charge on any atom is -0.337 e. The molecule has 0 aliphatic rings. The molecule has 0 unspecified atom stereocenters. The SMILES string of the molecule is Cc1nc(C)n(-c2ccccc2NC(=O)NCCc2ccccn2)n1. The standard InChI is InChI=1S/C18H20N6O/c1-13-21-14(2)24(23-13)17-9-4-3-8-16(17)22-18(25)20-12-10-15-7-5-6-11-19-15/h3-9,11H,10,12H2,1-2H3,(H2,20,22,25). The summed E-state index contributed by atoms with van der Waals surface area (Å²) < 4.78 is 1.72. The third kappa shape index (κ3) is 4.20. The van der Waals surface area contributed by atoms with Crippen molar-refractivity contribution >= 4 is 11.7 Å². The van der Waals surface area contributed by atoms with Crippen LogP contribution in [0.25, 0.3) is 5.69 Å². The average Bonchev–Trinajstić information content (AvgIpc) is 2.94. The van der Waals surface area contributed by atoms with Crippen molar-refractivity contribution in [2.45, 2.75) is 20.3 Å². The van der Waals surface area contributed by atoms with Gasteiger partial charge in [-0.05, 0) is 38.1 Å². The van der Waals surface area contributed by atoms with Crippen LogP contribution in [0.3, 0.4) is 0 Å². The van der Waals surface area contributed by atoms with Gasteiger partial charge in [-0.3, -0.25) is 4.98 Å². The van der Waals surface area contributed by atoms with Gasteiger partial charge in [0.2, 0.25) is 0 Å². The molecule has 0 bridgehead atoms. The number of amides is 2. The molecule has 3 aromatic rings. The molecule has 3 rings (SSSR count). The second-order valence-corrected chi connectivity index (χ2v) is 5.59. The first kappa shape index (κ1) is 16.6. The lowest BCUT2D eigenvalue weighted by Crippen LogP contribution is -2.31. The van der Waals surface area contributed by atoms with Crippen molar-refractivity contribution in [3.63, 3.8) is 0 Å². The van der Waals surface area contributed by atoms with Crippen LogP contribution in [-0.4, -0.2) is 32.3 Å². The number of carbonyl (C=O) groups is 1. The quantitative estimate of drug-likeness (QED) is 0.750. The van der Waals surface area contributed by atoms with Crippen molar-refractivity contribution in [2.75, 3.05) is 11.9 Å². The summed E-state index contributed by atoms with van der Waals surface area (Å²) in [7, 11) is 0. The van der Waals surface area contributed by atoms with E-state index in [1.165, 1.54) is 0 Å². The predicted molar refractivity (Wildman–Crippen MR) is 95.8 cm³/mol. The number of aromatic nitrogens is 4. The largest absolute Gasteiger partial charge is 0.337 e. The number of pyridine rings is 1. The van der Waals surface area contributed by atoms with Crippen LogP contribution in [0.2, 0.25) is 0 Å². The molecule has 7 nitrogen and oxygen atoms in total. The maximum Gasteiger partial charge on any atom is 0.319 e. The molecule has 2 N–H and O–H groups in total. The Hall–Kier alpha value is -3.22. The second kappa shape index (κ2) is 7.57. The number of nitrogens with one attached hydrogen (secondary N) is 2. The van der Waals surface area contributed by atoms with Gasteiger partial charge in [0.05, 0.1) is 11.4 Å². The Morgan fingerprint density at radius 3 is 2.64 bits per heavy atom. The number of hydrogen-bond acceptors (Lipinski definition) is 4. The topological polar surface area (TPSA) is 84.7 Å². The van der Waals surface area contributed by atoms with E-state index in [2.05, 4.69) is 25.7 Å². The van der Waals surface area contributed by atoms with Gasteiger partial charge in [0.25, 0.3) is 0 Å². The highest BCUT2D eigenvalue weighted by atomic mass is 16.2. The van der Waals surface area contributed by atoms with E-state index in [9.17, 15) is 4.79 Å². The molecule has 25 heavy (non-hydrogen) atoms. The number of anilines is 1. The number of urea groups is 1. The predicted octanol–water partition coefficient (Wildman–Crippen LogP) is 2.64. The van der Waals surface area contributed by atoms with E-state index in [1.54, 1.807) is 10.9 Å². The van der Waals surface area contributed by atoms with Gasteiger partial charge >= 0.3 is 6.03 Å². The van der Waals surface area contributed by atoms with Gasteiger partial charge in [0.15, 0.2) is 0 Å². The van der Waals surface area contributed by atoms with E-state index in [4.69, 9.17) is 0 Å². The fourth-order valence-electron chi connectivity index (χ4n) is 2.53. The lowest BCUT2D eigenvalue weighted by atomic mass is 10.2. The molecule has 0 atom stereocenters. The minimum absolute atomic E-state index is 0.266. The molecule has 2 heterocycles. The van der Waals surface area contributed by atoms with E-state index < -0.39 is 0 Å². The van der Waals surface area contributed by atoms with Crippen LogP contribution in [0.15, 0.2) is 48.7 Å². The Labute approximate surface area is 146 Å². The summed E-state index contributed by atoms with van der Waals surface area (Å²) in [4.78, 5) is 20.7. The Morgan fingerprint density at radius 1 is 1.12 bits per heavy atom. The van der Waals surface area contributed by atoms with Crippen LogP contribution in [0.1, 0.15) is 17.3 Å². The van der Waals surface area contributed by atoms with Gasteiger partial charge in [-0.15, -0.1) is 0 Å². The minimum atomic E-state index is -0.266. The Balaban J connectivity index is 1.65. The monoisotopic (exact) mass is 336 g/mol. The van der Waals surface area contributed by atoms with Crippen molar-refractivity contribution in [3.8, 4) is 5.69 Å². The lowest BCUT2D eigenvalue weighted by Gasteiger charge is -2.12. The molecule has 1 aromatic carbocycles. The van der Waals surface area contributed by atoms with Gasteiger partial charge in [-0.2, -0.15) is 5.10 Å². The van der Waals surface area contributed by atoms with E-state index >= 15 is 0 Å². The van der Waals surface area contributed by atoms with Crippen molar-refractivity contribution in [1.29, 1.82) is 0 Å². The van der Waals surface area contributed by atoms with Crippen LogP contribution < -0.4 is 10.6 Å². The molecule has 0 spiro atoms. The summed E-state index contributed by atoms with van der Waals surface area (Å²) in [6.45, 7) is 4.22. The molecule has 0 fully saturated rings. The maximum absolute atomic E-state index is 12.2. The lowest BCUT2D eigenvalue weighted by molar-refractivity contribution is 0.252. The van der Waals surface area contributed by atoms with Crippen molar-refractivity contribution in [1.82, 2.24) is 25.1 Å². The zero-order chi connectivity index (χ0) is 17.6. The summed E-state index contributed by atoms with van der Waals surface area (Å²) in [5.74, 6) is 1.45. The van der Waals surface area contributed by atoms with Crippen LogP contribution >= 0.6 is 0 Å². The number of hydrogen-bond donors (Lipinski definition) is 2. The zero-order valence-corrected chi connectivity index (χ0v) is 14.2. The third-order valence-corrected chi connectivity index (χ3v) is 3.65. The third-order valence-electron chi connectivity index (χ3n) is 3.65. The molecule has 0 aliphatic heterocycles. The molecule has 0 saturated carbocycles. The first-order valence-corrected chi connectivity index (χ1v) is 8.08. The first-order chi connectivity index (χ1) is 12.1. The summed E-state index contributed by atoms with van der Waals surface area (Å²) in [5.41, 5.74) is 2.39. The summed E-state index contributed by atoms with van der Waals surface area (Å²) >= 11 is 0. The fourth-order valence-corrected chi connectivity index (χ4v) is 2.53. The number of rotatable bonds is 5. The molecule has 0 saturated heterocycles. The average molecular weight is 336 g/mol. The van der Waals surface area contributed by atoms with Crippen LogP contribution in [0, 0.1) is 13.8 Å². The van der Waals surface area contributed by atoms with Crippen LogP contribution in [0.5, 0.6) is 0 Å². The van der Waals surface area contributed by atoms with Crippen molar-refractivity contribution < 1.29 is 4.79 Å². The molecule has 2 amide bonds. The highest BCUT2D eigenvalue weighted by Crippen LogP contribution is 2.20. The van der Waals surface area contributed by atoms with Gasteiger partial charge in [-0.25, -0.2) is 14.5 Å². The number of benzene rings is 1. The van der Waals surface area contributed by atoms with Crippen LogP contribution in [0.4, 0.5) is 10.5 Å². The molecular weight excluding hydrogens is 316 g/mol. The fraction of sp³-hybridized carbons (Fsp3) is 0.222. The van der Waals surface area contributed by atoms with E-state index in [0.717, 1.165) is 17.2 Å². The van der Waals surface area contributed by atoms with Crippen LogP contribution in [-0.2, 0) is 6.42 Å². The van der Waals surface area contributed by atoms with E-state index in [0.29, 0.717) is 24.5 Å². The van der Waals surface area contributed by atoms with Gasteiger partial charge in [0.1, 0.15) is 11.6 Å². The van der Waals surface area contributed by atoms with Gasteiger partial charge < -0.3 is 10.6 Å². The number of aryl methyl sites for hydroxylation is 2. The number of carbonyl (C=O) groups excluding carboxylic acids is 1. The molecule has 7 heteroatoms. The van der Waals surface area contributed by atoms with Gasteiger partial charge in [-0.1, -0.05) is 18.2 Å². The number of nitrogens with zero attached hydrogens (tertiary/aromatic N) is 4.